The maximum absolute atomic E-state index is 12.1. The molecule has 0 spiro atoms. The summed E-state index contributed by atoms with van der Waals surface area (Å²) in [4.78, 5) is 23.2. The van der Waals surface area contributed by atoms with Gasteiger partial charge < -0.3 is 15.5 Å². The molecule has 3 rings (SSSR count). The fourth-order valence-corrected chi connectivity index (χ4v) is 3.05. The maximum Gasteiger partial charge on any atom is 0.319 e. The number of nitrogens with zero attached hydrogens (tertiary/aromatic N) is 3. The van der Waals surface area contributed by atoms with E-state index >= 15 is 0 Å². The molecule has 1 aromatic heterocycles. The second kappa shape index (κ2) is 7.96. The number of hydrogen-bond donors (Lipinski definition) is 2. The lowest BCUT2D eigenvalue weighted by atomic mass is 9.98. The van der Waals surface area contributed by atoms with E-state index in [1.54, 1.807) is 6.20 Å². The number of benzene rings is 1. The van der Waals surface area contributed by atoms with Crippen molar-refractivity contribution in [1.82, 2.24) is 15.3 Å². The van der Waals surface area contributed by atoms with E-state index in [1.807, 2.05) is 44.2 Å². The molecule has 2 amide bonds. The number of anilines is 2. The number of hydrogen-bond acceptors (Lipinski definition) is 4. The zero-order valence-electron chi connectivity index (χ0n) is 14.8. The van der Waals surface area contributed by atoms with Gasteiger partial charge in [-0.05, 0) is 50.8 Å². The van der Waals surface area contributed by atoms with Crippen LogP contribution >= 0.6 is 0 Å². The summed E-state index contributed by atoms with van der Waals surface area (Å²) in [5, 5.41) is 5.85. The first-order valence-electron chi connectivity index (χ1n) is 8.76. The molecule has 1 fully saturated rings. The van der Waals surface area contributed by atoms with E-state index in [-0.39, 0.29) is 6.03 Å². The molecule has 1 aromatic carbocycles. The van der Waals surface area contributed by atoms with Gasteiger partial charge in [0.15, 0.2) is 0 Å². The summed E-state index contributed by atoms with van der Waals surface area (Å²) >= 11 is 0. The van der Waals surface area contributed by atoms with Crippen molar-refractivity contribution in [3.63, 3.8) is 0 Å². The van der Waals surface area contributed by atoms with Crippen molar-refractivity contribution in [3.05, 3.63) is 47.8 Å². The summed E-state index contributed by atoms with van der Waals surface area (Å²) in [7, 11) is 0. The molecule has 132 valence electrons. The third-order valence-corrected chi connectivity index (χ3v) is 4.44. The molecule has 1 aliphatic rings. The van der Waals surface area contributed by atoms with Crippen molar-refractivity contribution in [2.45, 2.75) is 26.7 Å². The summed E-state index contributed by atoms with van der Waals surface area (Å²) in [6.07, 6.45) is 3.99. The molecule has 2 N–H and O–H groups in total. The normalized spacial score (nSPS) is 17.2. The minimum absolute atomic E-state index is 0.159. The van der Waals surface area contributed by atoms with Gasteiger partial charge in [0, 0.05) is 37.2 Å². The fourth-order valence-electron chi connectivity index (χ4n) is 3.05. The summed E-state index contributed by atoms with van der Waals surface area (Å²) in [5.74, 6) is 1.19. The number of piperidine rings is 1. The Balaban J connectivity index is 1.49. The first-order chi connectivity index (χ1) is 12.1. The van der Waals surface area contributed by atoms with Crippen molar-refractivity contribution >= 4 is 17.7 Å². The lowest BCUT2D eigenvalue weighted by Crippen LogP contribution is -2.42. The predicted molar refractivity (Wildman–Crippen MR) is 99.9 cm³/mol. The molecule has 0 unspecified atom stereocenters. The van der Waals surface area contributed by atoms with Crippen molar-refractivity contribution in [3.8, 4) is 0 Å². The Bertz CT molecular complexity index is 716. The van der Waals surface area contributed by atoms with E-state index in [9.17, 15) is 4.79 Å². The predicted octanol–water partition coefficient (Wildman–Crippen LogP) is 3.13. The van der Waals surface area contributed by atoms with E-state index in [1.165, 1.54) is 5.56 Å². The van der Waals surface area contributed by atoms with E-state index in [0.717, 1.165) is 43.3 Å². The number of amides is 2. The van der Waals surface area contributed by atoms with Gasteiger partial charge in [-0.25, -0.2) is 14.8 Å². The van der Waals surface area contributed by atoms with Crippen LogP contribution in [0.2, 0.25) is 0 Å². The number of aryl methyl sites for hydroxylation is 2. The highest BCUT2D eigenvalue weighted by molar-refractivity contribution is 5.89. The Morgan fingerprint density at radius 2 is 2.04 bits per heavy atom. The largest absolute Gasteiger partial charge is 0.340 e. The van der Waals surface area contributed by atoms with Crippen LogP contribution in [0.3, 0.4) is 0 Å². The first kappa shape index (κ1) is 17.2. The van der Waals surface area contributed by atoms with Gasteiger partial charge in [-0.2, -0.15) is 0 Å². The van der Waals surface area contributed by atoms with Crippen molar-refractivity contribution in [2.24, 2.45) is 5.92 Å². The Morgan fingerprint density at radius 3 is 2.80 bits per heavy atom. The Morgan fingerprint density at radius 1 is 1.24 bits per heavy atom. The lowest BCUT2D eigenvalue weighted by Gasteiger charge is -2.32. The number of urea groups is 1. The monoisotopic (exact) mass is 339 g/mol. The average Bonchev–Trinajstić information content (AvgIpc) is 2.62. The van der Waals surface area contributed by atoms with Crippen LogP contribution in [0, 0.1) is 19.8 Å². The second-order valence-electron chi connectivity index (χ2n) is 6.65. The molecule has 0 radical (unpaired) electrons. The maximum atomic E-state index is 12.1. The molecular formula is C19H25N5O. The van der Waals surface area contributed by atoms with E-state index in [2.05, 4.69) is 25.5 Å². The zero-order chi connectivity index (χ0) is 17.6. The van der Waals surface area contributed by atoms with Gasteiger partial charge in [0.1, 0.15) is 0 Å². The van der Waals surface area contributed by atoms with Crippen LogP contribution in [0.15, 0.2) is 36.5 Å². The summed E-state index contributed by atoms with van der Waals surface area (Å²) in [6, 6.07) is 9.53. The summed E-state index contributed by atoms with van der Waals surface area (Å²) in [6.45, 7) is 6.49. The first-order valence-corrected chi connectivity index (χ1v) is 8.76. The van der Waals surface area contributed by atoms with Gasteiger partial charge in [-0.1, -0.05) is 17.7 Å². The molecule has 0 bridgehead atoms. The molecule has 1 aliphatic heterocycles. The smallest absolute Gasteiger partial charge is 0.319 e. The van der Waals surface area contributed by atoms with Gasteiger partial charge in [0.05, 0.1) is 0 Å². The van der Waals surface area contributed by atoms with E-state index < -0.39 is 0 Å². The SMILES string of the molecule is Cc1ccc(NC(=O)NC[C@H]2CCCN(c3nccc(C)n3)C2)cc1. The van der Waals surface area contributed by atoms with Crippen molar-refractivity contribution < 1.29 is 4.79 Å². The molecule has 1 atom stereocenters. The van der Waals surface area contributed by atoms with Crippen LogP contribution in [0.25, 0.3) is 0 Å². The number of rotatable bonds is 4. The lowest BCUT2D eigenvalue weighted by molar-refractivity contribution is 0.249. The van der Waals surface area contributed by atoms with Crippen LogP contribution in [-0.4, -0.2) is 35.6 Å². The van der Waals surface area contributed by atoms with Crippen LogP contribution in [0.5, 0.6) is 0 Å². The minimum Gasteiger partial charge on any atom is -0.340 e. The number of carbonyl (C=O) groups excluding carboxylic acids is 1. The summed E-state index contributed by atoms with van der Waals surface area (Å²) < 4.78 is 0. The highest BCUT2D eigenvalue weighted by atomic mass is 16.2. The molecule has 6 heteroatoms. The Kier molecular flexibility index (Phi) is 5.48. The molecule has 6 nitrogen and oxygen atoms in total. The molecule has 25 heavy (non-hydrogen) atoms. The minimum atomic E-state index is -0.159. The summed E-state index contributed by atoms with van der Waals surface area (Å²) in [5.41, 5.74) is 2.95. The molecule has 1 saturated heterocycles. The van der Waals surface area contributed by atoms with Gasteiger partial charge >= 0.3 is 6.03 Å². The Labute approximate surface area is 148 Å². The quantitative estimate of drug-likeness (QED) is 0.898. The number of carbonyl (C=O) groups is 1. The fraction of sp³-hybridized carbons (Fsp3) is 0.421. The van der Waals surface area contributed by atoms with Crippen LogP contribution in [0.4, 0.5) is 16.4 Å². The van der Waals surface area contributed by atoms with Crippen LogP contribution in [-0.2, 0) is 0 Å². The average molecular weight is 339 g/mol. The van der Waals surface area contributed by atoms with Crippen molar-refractivity contribution in [2.75, 3.05) is 29.9 Å². The second-order valence-corrected chi connectivity index (χ2v) is 6.65. The zero-order valence-corrected chi connectivity index (χ0v) is 14.8. The van der Waals surface area contributed by atoms with Gasteiger partial charge in [0.25, 0.3) is 0 Å². The van der Waals surface area contributed by atoms with Gasteiger partial charge in [-0.15, -0.1) is 0 Å². The highest BCUT2D eigenvalue weighted by Crippen LogP contribution is 2.20. The van der Waals surface area contributed by atoms with Crippen molar-refractivity contribution in [1.29, 1.82) is 0 Å². The van der Waals surface area contributed by atoms with Crippen LogP contribution in [0.1, 0.15) is 24.1 Å². The molecular weight excluding hydrogens is 314 g/mol. The number of nitrogens with one attached hydrogen (secondary N) is 2. The van der Waals surface area contributed by atoms with Gasteiger partial charge in [-0.3, -0.25) is 0 Å². The number of aromatic nitrogens is 2. The van der Waals surface area contributed by atoms with Gasteiger partial charge in [0.2, 0.25) is 5.95 Å². The highest BCUT2D eigenvalue weighted by Gasteiger charge is 2.22. The topological polar surface area (TPSA) is 70.2 Å². The third kappa shape index (κ3) is 4.92. The van der Waals surface area contributed by atoms with E-state index in [0.29, 0.717) is 12.5 Å². The van der Waals surface area contributed by atoms with Crippen LogP contribution < -0.4 is 15.5 Å². The molecule has 2 heterocycles. The third-order valence-electron chi connectivity index (χ3n) is 4.44. The standard InChI is InChI=1S/C19H25N5O/c1-14-5-7-17(8-6-14)23-19(25)21-12-16-4-3-11-24(13-16)18-20-10-9-15(2)22-18/h5-10,16H,3-4,11-13H2,1-2H3,(H2,21,23,25)/t16-/m1/s1. The van der Waals surface area contributed by atoms with E-state index in [4.69, 9.17) is 0 Å². The molecule has 0 saturated carbocycles. The Hall–Kier alpha value is -2.63. The molecule has 0 aliphatic carbocycles. The molecule has 2 aromatic rings.